The quantitative estimate of drug-likeness (QED) is 0.626. The SMILES string of the molecule is COc1cc([C@H]2CC(=O)Nc3ncnn32)ccc1OCC(=O)Nc1ccccc1Cl. The van der Waals surface area contributed by atoms with E-state index in [1.54, 1.807) is 47.1 Å². The van der Waals surface area contributed by atoms with Gasteiger partial charge in [0.25, 0.3) is 5.91 Å². The number of rotatable bonds is 6. The number of methoxy groups -OCH3 is 1. The van der Waals surface area contributed by atoms with Crippen molar-refractivity contribution in [2.75, 3.05) is 24.4 Å². The average molecular weight is 428 g/mol. The van der Waals surface area contributed by atoms with E-state index in [-0.39, 0.29) is 30.9 Å². The fraction of sp³-hybridized carbons (Fsp3) is 0.200. The predicted molar refractivity (Wildman–Crippen MR) is 110 cm³/mol. The normalized spacial score (nSPS) is 15.1. The second-order valence-electron chi connectivity index (χ2n) is 6.52. The van der Waals surface area contributed by atoms with Crippen LogP contribution in [0.15, 0.2) is 48.8 Å². The number of carbonyl (C=O) groups excluding carboxylic acids is 2. The lowest BCUT2D eigenvalue weighted by molar-refractivity contribution is -0.118. The van der Waals surface area contributed by atoms with E-state index in [0.717, 1.165) is 5.56 Å². The summed E-state index contributed by atoms with van der Waals surface area (Å²) in [6.45, 7) is -0.222. The van der Waals surface area contributed by atoms with E-state index < -0.39 is 0 Å². The molecule has 0 aliphatic carbocycles. The molecule has 0 radical (unpaired) electrons. The van der Waals surface area contributed by atoms with Gasteiger partial charge in [-0.15, -0.1) is 0 Å². The second-order valence-corrected chi connectivity index (χ2v) is 6.93. The topological polar surface area (TPSA) is 107 Å². The standard InChI is InChI=1S/C20H18ClN5O4/c1-29-17-8-12(15-9-18(27)25-20-22-11-23-26(15)20)6-7-16(17)30-10-19(28)24-14-5-3-2-4-13(14)21/h2-8,11,15H,9-10H2,1H3,(H,24,28)(H,22,23,25,27)/t15-/m1/s1. The molecular weight excluding hydrogens is 410 g/mol. The highest BCUT2D eigenvalue weighted by Crippen LogP contribution is 2.35. The number of carbonyl (C=O) groups is 2. The molecule has 2 N–H and O–H groups in total. The summed E-state index contributed by atoms with van der Waals surface area (Å²) in [5, 5.41) is 10.0. The first-order valence-electron chi connectivity index (χ1n) is 9.09. The van der Waals surface area contributed by atoms with E-state index in [9.17, 15) is 9.59 Å². The van der Waals surface area contributed by atoms with Crippen molar-refractivity contribution in [1.82, 2.24) is 14.8 Å². The fourth-order valence-corrected chi connectivity index (χ4v) is 3.35. The van der Waals surface area contributed by atoms with Crippen molar-refractivity contribution in [3.8, 4) is 11.5 Å². The Morgan fingerprint density at radius 1 is 1.30 bits per heavy atom. The number of para-hydroxylation sites is 1. The third-order valence-electron chi connectivity index (χ3n) is 4.58. The first-order valence-corrected chi connectivity index (χ1v) is 9.47. The Labute approximate surface area is 177 Å². The summed E-state index contributed by atoms with van der Waals surface area (Å²) in [5.41, 5.74) is 1.32. The van der Waals surface area contributed by atoms with E-state index in [0.29, 0.717) is 28.2 Å². The van der Waals surface area contributed by atoms with E-state index in [2.05, 4.69) is 20.7 Å². The second kappa shape index (κ2) is 8.42. The Hall–Kier alpha value is -3.59. The highest BCUT2D eigenvalue weighted by atomic mass is 35.5. The van der Waals surface area contributed by atoms with E-state index >= 15 is 0 Å². The number of halogens is 1. The first-order chi connectivity index (χ1) is 14.5. The van der Waals surface area contributed by atoms with Crippen LogP contribution >= 0.6 is 11.6 Å². The van der Waals surface area contributed by atoms with E-state index in [1.807, 2.05) is 0 Å². The molecule has 0 saturated heterocycles. The van der Waals surface area contributed by atoms with Gasteiger partial charge in [0.1, 0.15) is 6.33 Å². The van der Waals surface area contributed by atoms with Gasteiger partial charge in [-0.2, -0.15) is 10.1 Å². The minimum Gasteiger partial charge on any atom is -0.493 e. The Bertz CT molecular complexity index is 1100. The monoisotopic (exact) mass is 427 g/mol. The van der Waals surface area contributed by atoms with Crippen LogP contribution in [0.2, 0.25) is 5.02 Å². The maximum Gasteiger partial charge on any atom is 0.262 e. The molecule has 9 nitrogen and oxygen atoms in total. The number of amides is 2. The lowest BCUT2D eigenvalue weighted by Gasteiger charge is -2.24. The van der Waals surface area contributed by atoms with Gasteiger partial charge in [-0.3, -0.25) is 14.9 Å². The van der Waals surface area contributed by atoms with Gasteiger partial charge >= 0.3 is 0 Å². The maximum atomic E-state index is 12.2. The number of ether oxygens (including phenoxy) is 2. The zero-order valence-corrected chi connectivity index (χ0v) is 16.7. The molecule has 0 saturated carbocycles. The summed E-state index contributed by atoms with van der Waals surface area (Å²) in [6.07, 6.45) is 1.61. The lowest BCUT2D eigenvalue weighted by Crippen LogP contribution is -2.29. The molecule has 1 aliphatic rings. The van der Waals surface area contributed by atoms with Gasteiger partial charge in [-0.25, -0.2) is 4.68 Å². The molecule has 3 aromatic rings. The van der Waals surface area contributed by atoms with Gasteiger partial charge in [0, 0.05) is 0 Å². The summed E-state index contributed by atoms with van der Waals surface area (Å²) < 4.78 is 12.7. The van der Waals surface area contributed by atoms with Crippen LogP contribution in [0, 0.1) is 0 Å². The molecule has 2 aromatic carbocycles. The molecule has 154 valence electrons. The van der Waals surface area contributed by atoms with Crippen molar-refractivity contribution in [3.05, 3.63) is 59.4 Å². The van der Waals surface area contributed by atoms with Crippen LogP contribution in [-0.4, -0.2) is 40.3 Å². The Morgan fingerprint density at radius 2 is 2.13 bits per heavy atom. The van der Waals surface area contributed by atoms with Crippen molar-refractivity contribution in [1.29, 1.82) is 0 Å². The largest absolute Gasteiger partial charge is 0.493 e. The van der Waals surface area contributed by atoms with Crippen LogP contribution in [-0.2, 0) is 9.59 Å². The summed E-state index contributed by atoms with van der Waals surface area (Å²) in [7, 11) is 1.50. The molecule has 10 heteroatoms. The van der Waals surface area contributed by atoms with Crippen LogP contribution in [0.4, 0.5) is 11.6 Å². The smallest absolute Gasteiger partial charge is 0.262 e. The van der Waals surface area contributed by atoms with Gasteiger partial charge < -0.3 is 14.8 Å². The molecule has 4 rings (SSSR count). The molecule has 0 fully saturated rings. The molecule has 2 heterocycles. The van der Waals surface area contributed by atoms with Crippen LogP contribution in [0.3, 0.4) is 0 Å². The van der Waals surface area contributed by atoms with Crippen LogP contribution in [0.1, 0.15) is 18.0 Å². The van der Waals surface area contributed by atoms with Gasteiger partial charge in [0.15, 0.2) is 18.1 Å². The molecule has 1 atom stereocenters. The predicted octanol–water partition coefficient (Wildman–Crippen LogP) is 2.89. The van der Waals surface area contributed by atoms with Crippen LogP contribution in [0.25, 0.3) is 0 Å². The maximum absolute atomic E-state index is 12.2. The first kappa shape index (κ1) is 19.7. The average Bonchev–Trinajstić information content (AvgIpc) is 3.21. The van der Waals surface area contributed by atoms with Crippen LogP contribution < -0.4 is 20.1 Å². The van der Waals surface area contributed by atoms with Crippen LogP contribution in [0.5, 0.6) is 11.5 Å². The summed E-state index contributed by atoms with van der Waals surface area (Å²) in [5.74, 6) is 0.730. The molecule has 2 amide bonds. The Morgan fingerprint density at radius 3 is 2.93 bits per heavy atom. The molecule has 0 bridgehead atoms. The number of hydrogen-bond donors (Lipinski definition) is 2. The molecule has 0 unspecified atom stereocenters. The highest BCUT2D eigenvalue weighted by molar-refractivity contribution is 6.33. The van der Waals surface area contributed by atoms with Gasteiger partial charge in [-0.05, 0) is 29.8 Å². The number of nitrogens with one attached hydrogen (secondary N) is 2. The van der Waals surface area contributed by atoms with Crippen molar-refractivity contribution >= 4 is 35.1 Å². The van der Waals surface area contributed by atoms with E-state index in [1.165, 1.54) is 13.4 Å². The number of anilines is 2. The summed E-state index contributed by atoms with van der Waals surface area (Å²) in [6, 6.07) is 11.9. The van der Waals surface area contributed by atoms with Gasteiger partial charge in [0.2, 0.25) is 11.9 Å². The van der Waals surface area contributed by atoms with Gasteiger partial charge in [-0.1, -0.05) is 29.8 Å². The number of hydrogen-bond acceptors (Lipinski definition) is 6. The molecule has 1 aliphatic heterocycles. The fourth-order valence-electron chi connectivity index (χ4n) is 3.17. The Balaban J connectivity index is 1.48. The van der Waals surface area contributed by atoms with Crippen molar-refractivity contribution in [2.24, 2.45) is 0 Å². The Kier molecular flexibility index (Phi) is 5.53. The van der Waals surface area contributed by atoms with E-state index in [4.69, 9.17) is 21.1 Å². The van der Waals surface area contributed by atoms with Gasteiger partial charge in [0.05, 0.1) is 30.3 Å². The molecule has 30 heavy (non-hydrogen) atoms. The van der Waals surface area contributed by atoms with Crippen molar-refractivity contribution in [2.45, 2.75) is 12.5 Å². The number of aromatic nitrogens is 3. The van der Waals surface area contributed by atoms with Crippen molar-refractivity contribution < 1.29 is 19.1 Å². The number of benzene rings is 2. The summed E-state index contributed by atoms with van der Waals surface area (Å²) in [4.78, 5) is 28.2. The number of nitrogens with zero attached hydrogens (tertiary/aromatic N) is 3. The highest BCUT2D eigenvalue weighted by Gasteiger charge is 2.28. The minimum absolute atomic E-state index is 0.143. The molecular formula is C20H18ClN5O4. The summed E-state index contributed by atoms with van der Waals surface area (Å²) >= 11 is 6.05. The van der Waals surface area contributed by atoms with Crippen molar-refractivity contribution in [3.63, 3.8) is 0 Å². The third-order valence-corrected chi connectivity index (χ3v) is 4.91. The third kappa shape index (κ3) is 4.06. The zero-order valence-electron chi connectivity index (χ0n) is 16.0. The lowest BCUT2D eigenvalue weighted by atomic mass is 10.0. The molecule has 0 spiro atoms. The zero-order chi connectivity index (χ0) is 21.1. The minimum atomic E-state index is -0.356. The number of fused-ring (bicyclic) bond motifs is 1. The molecule has 1 aromatic heterocycles.